The molecule has 7 heteroatoms. The molecular formula is C26H21F5O2. The smallest absolute Gasteiger partial charge is 0.207 e. The summed E-state index contributed by atoms with van der Waals surface area (Å²) >= 11 is 0. The zero-order valence-electron chi connectivity index (χ0n) is 18.1. The molecule has 1 heterocycles. The van der Waals surface area contributed by atoms with Crippen LogP contribution in [0.1, 0.15) is 48.1 Å². The Labute approximate surface area is 188 Å². The molecule has 0 radical (unpaired) electrons. The van der Waals surface area contributed by atoms with E-state index in [0.717, 1.165) is 24.5 Å². The molecule has 0 fully saturated rings. The number of ether oxygens (including phenoxy) is 2. The molecule has 0 atom stereocenters. The Kier molecular flexibility index (Phi) is 6.40. The van der Waals surface area contributed by atoms with E-state index in [-0.39, 0.29) is 35.7 Å². The third-order valence-corrected chi connectivity index (χ3v) is 5.44. The van der Waals surface area contributed by atoms with E-state index in [1.54, 1.807) is 19.1 Å². The first kappa shape index (κ1) is 22.8. The maximum atomic E-state index is 15.0. The lowest BCUT2D eigenvalue weighted by molar-refractivity contribution is 0.309. The standard InChI is InChI=1S/C26H21F5O2/c1-3-5-14-6-8-15(9-7-14)20(27)21(28)18-13-17-12-16-10-11-19(32-4-2)23(30)25(16)33-26(17)24(31)22(18)29/h6-11,13H,3-5,12H2,1-2H3/b21-20+. The SMILES string of the molecule is CCCc1ccc(/C(F)=C(\F)c2cc3c(c(F)c2F)Oc2c(ccc(OCC)c2F)C3)cc1. The van der Waals surface area contributed by atoms with Crippen molar-refractivity contribution in [3.8, 4) is 17.2 Å². The summed E-state index contributed by atoms with van der Waals surface area (Å²) in [5.41, 5.74) is 0.422. The van der Waals surface area contributed by atoms with Gasteiger partial charge in [0.25, 0.3) is 0 Å². The number of hydrogen-bond acceptors (Lipinski definition) is 2. The van der Waals surface area contributed by atoms with Gasteiger partial charge in [-0.25, -0.2) is 13.2 Å². The van der Waals surface area contributed by atoms with Gasteiger partial charge in [-0.05, 0) is 31.0 Å². The van der Waals surface area contributed by atoms with Crippen molar-refractivity contribution in [3.05, 3.63) is 87.7 Å². The van der Waals surface area contributed by atoms with Crippen LogP contribution in [0.2, 0.25) is 0 Å². The third-order valence-electron chi connectivity index (χ3n) is 5.44. The van der Waals surface area contributed by atoms with Gasteiger partial charge in [-0.1, -0.05) is 43.7 Å². The van der Waals surface area contributed by atoms with Crippen LogP contribution in [0.5, 0.6) is 17.2 Å². The van der Waals surface area contributed by atoms with E-state index in [1.165, 1.54) is 24.3 Å². The van der Waals surface area contributed by atoms with Crippen molar-refractivity contribution in [2.75, 3.05) is 6.61 Å². The Morgan fingerprint density at radius 2 is 1.55 bits per heavy atom. The van der Waals surface area contributed by atoms with Crippen LogP contribution in [-0.2, 0) is 12.8 Å². The van der Waals surface area contributed by atoms with Crippen molar-refractivity contribution in [1.82, 2.24) is 0 Å². The summed E-state index contributed by atoms with van der Waals surface area (Å²) < 4.78 is 84.5. The molecule has 0 spiro atoms. The number of benzene rings is 3. The molecule has 172 valence electrons. The maximum Gasteiger partial charge on any atom is 0.207 e. The van der Waals surface area contributed by atoms with E-state index >= 15 is 0 Å². The average Bonchev–Trinajstić information content (AvgIpc) is 2.82. The summed E-state index contributed by atoms with van der Waals surface area (Å²) in [6.45, 7) is 3.87. The normalized spacial score (nSPS) is 13.1. The van der Waals surface area contributed by atoms with Crippen LogP contribution in [0.4, 0.5) is 22.0 Å². The first-order chi connectivity index (χ1) is 15.8. The molecule has 0 saturated carbocycles. The van der Waals surface area contributed by atoms with E-state index in [2.05, 4.69) is 0 Å². The Balaban J connectivity index is 1.74. The molecule has 0 unspecified atom stereocenters. The topological polar surface area (TPSA) is 18.5 Å². The zero-order valence-corrected chi connectivity index (χ0v) is 18.1. The van der Waals surface area contributed by atoms with Gasteiger partial charge in [0, 0.05) is 23.1 Å². The van der Waals surface area contributed by atoms with E-state index in [1.807, 2.05) is 6.92 Å². The minimum Gasteiger partial charge on any atom is -0.491 e. The summed E-state index contributed by atoms with van der Waals surface area (Å²) in [4.78, 5) is 0. The molecule has 2 nitrogen and oxygen atoms in total. The van der Waals surface area contributed by atoms with E-state index in [0.29, 0.717) is 5.56 Å². The van der Waals surface area contributed by atoms with Crippen molar-refractivity contribution in [1.29, 1.82) is 0 Å². The van der Waals surface area contributed by atoms with Crippen LogP contribution in [-0.4, -0.2) is 6.61 Å². The lowest BCUT2D eigenvalue weighted by atomic mass is 9.96. The molecule has 3 aromatic carbocycles. The van der Waals surface area contributed by atoms with Gasteiger partial charge >= 0.3 is 0 Å². The number of halogens is 5. The Hall–Kier alpha value is -3.35. The molecule has 0 aliphatic carbocycles. The van der Waals surface area contributed by atoms with Gasteiger partial charge in [0.1, 0.15) is 0 Å². The second-order valence-electron chi connectivity index (χ2n) is 7.69. The number of aryl methyl sites for hydroxylation is 1. The average molecular weight is 460 g/mol. The van der Waals surface area contributed by atoms with Crippen LogP contribution in [0.15, 0.2) is 42.5 Å². The van der Waals surface area contributed by atoms with Crippen molar-refractivity contribution in [2.45, 2.75) is 33.1 Å². The lowest BCUT2D eigenvalue weighted by Crippen LogP contribution is -2.10. The lowest BCUT2D eigenvalue weighted by Gasteiger charge is -2.23. The highest BCUT2D eigenvalue weighted by atomic mass is 19.2. The molecular weight excluding hydrogens is 439 g/mol. The fourth-order valence-electron chi connectivity index (χ4n) is 3.82. The summed E-state index contributed by atoms with van der Waals surface area (Å²) in [5, 5.41) is 0. The second-order valence-corrected chi connectivity index (χ2v) is 7.69. The number of hydrogen-bond donors (Lipinski definition) is 0. The second kappa shape index (κ2) is 9.25. The largest absolute Gasteiger partial charge is 0.491 e. The van der Waals surface area contributed by atoms with Crippen LogP contribution in [0, 0.1) is 17.5 Å². The van der Waals surface area contributed by atoms with Crippen molar-refractivity contribution in [2.24, 2.45) is 0 Å². The fraction of sp³-hybridized carbons (Fsp3) is 0.231. The summed E-state index contributed by atoms with van der Waals surface area (Å²) in [5.74, 6) is -7.74. The minimum absolute atomic E-state index is 0.0567. The molecule has 0 amide bonds. The van der Waals surface area contributed by atoms with Crippen LogP contribution in [0.25, 0.3) is 11.7 Å². The fourth-order valence-corrected chi connectivity index (χ4v) is 3.82. The van der Waals surface area contributed by atoms with Gasteiger partial charge in [-0.3, -0.25) is 0 Å². The highest BCUT2D eigenvalue weighted by Crippen LogP contribution is 2.45. The highest BCUT2D eigenvalue weighted by Gasteiger charge is 2.30. The van der Waals surface area contributed by atoms with Gasteiger partial charge in [0.2, 0.25) is 11.6 Å². The summed E-state index contributed by atoms with van der Waals surface area (Å²) in [6, 6.07) is 10.0. The summed E-state index contributed by atoms with van der Waals surface area (Å²) in [7, 11) is 0. The molecule has 33 heavy (non-hydrogen) atoms. The monoisotopic (exact) mass is 460 g/mol. The first-order valence-corrected chi connectivity index (χ1v) is 10.6. The van der Waals surface area contributed by atoms with Gasteiger partial charge in [0.05, 0.1) is 12.2 Å². The first-order valence-electron chi connectivity index (χ1n) is 10.6. The number of fused-ring (bicyclic) bond motifs is 2. The van der Waals surface area contributed by atoms with Crippen LogP contribution in [0.3, 0.4) is 0 Å². The molecule has 0 N–H and O–H groups in total. The van der Waals surface area contributed by atoms with E-state index in [4.69, 9.17) is 9.47 Å². The highest BCUT2D eigenvalue weighted by molar-refractivity contribution is 5.84. The number of rotatable bonds is 6. The van der Waals surface area contributed by atoms with Gasteiger partial charge in [-0.15, -0.1) is 0 Å². The Morgan fingerprint density at radius 3 is 2.21 bits per heavy atom. The Bertz CT molecular complexity index is 1230. The van der Waals surface area contributed by atoms with E-state index < -0.39 is 40.4 Å². The molecule has 0 saturated heterocycles. The van der Waals surface area contributed by atoms with Crippen LogP contribution >= 0.6 is 0 Å². The van der Waals surface area contributed by atoms with Gasteiger partial charge in [-0.2, -0.15) is 8.78 Å². The zero-order chi connectivity index (χ0) is 23.7. The van der Waals surface area contributed by atoms with Gasteiger partial charge < -0.3 is 9.47 Å². The molecule has 4 rings (SSSR count). The van der Waals surface area contributed by atoms with Crippen LogP contribution < -0.4 is 9.47 Å². The predicted molar refractivity (Wildman–Crippen MR) is 116 cm³/mol. The minimum atomic E-state index is -1.62. The summed E-state index contributed by atoms with van der Waals surface area (Å²) in [6.07, 6.45) is 1.62. The van der Waals surface area contributed by atoms with Crippen molar-refractivity contribution < 1.29 is 31.4 Å². The molecule has 0 bridgehead atoms. The predicted octanol–water partition coefficient (Wildman–Crippen LogP) is 7.92. The third kappa shape index (κ3) is 4.19. The molecule has 1 aliphatic heterocycles. The van der Waals surface area contributed by atoms with Crippen molar-refractivity contribution >= 4 is 11.7 Å². The molecule has 0 aromatic heterocycles. The van der Waals surface area contributed by atoms with E-state index in [9.17, 15) is 22.0 Å². The molecule has 3 aromatic rings. The quantitative estimate of drug-likeness (QED) is 0.215. The maximum absolute atomic E-state index is 15.0. The molecule has 1 aliphatic rings. The van der Waals surface area contributed by atoms with Crippen molar-refractivity contribution in [3.63, 3.8) is 0 Å². The Morgan fingerprint density at radius 1 is 0.848 bits per heavy atom. The van der Waals surface area contributed by atoms with Gasteiger partial charge in [0.15, 0.2) is 34.7 Å².